The van der Waals surface area contributed by atoms with Crippen molar-refractivity contribution in [3.63, 3.8) is 0 Å². The minimum atomic E-state index is -0.0394. The average Bonchev–Trinajstić information content (AvgIpc) is 2.89. The van der Waals surface area contributed by atoms with Gasteiger partial charge < -0.3 is 9.88 Å². The van der Waals surface area contributed by atoms with Crippen molar-refractivity contribution in [2.45, 2.75) is 13.5 Å². The predicted molar refractivity (Wildman–Crippen MR) is 89.2 cm³/mol. The molecule has 0 atom stereocenters. The van der Waals surface area contributed by atoms with Gasteiger partial charge in [0.25, 0.3) is 5.91 Å². The van der Waals surface area contributed by atoms with Crippen LogP contribution in [0.3, 0.4) is 0 Å². The van der Waals surface area contributed by atoms with Gasteiger partial charge in [0.15, 0.2) is 0 Å². The largest absolute Gasteiger partial charge is 0.349 e. The first-order valence-corrected chi connectivity index (χ1v) is 7.61. The highest BCUT2D eigenvalue weighted by Gasteiger charge is 2.25. The van der Waals surface area contributed by atoms with Crippen molar-refractivity contribution >= 4 is 16.8 Å². The Hall–Kier alpha value is -3.06. The predicted octanol–water partition coefficient (Wildman–Crippen LogP) is 3.23. The standard InChI is InChI=1S/C19H15N3O/c1-12-15-9-13(11-20)10-16(14-5-3-2-4-6-14)18(15)22-8-7-21-19(23)17(12)22/h2-6,9-10H,7-8H2,1H3,(H,21,23). The number of nitrogens with zero attached hydrogens (tertiary/aromatic N) is 2. The van der Waals surface area contributed by atoms with Crippen molar-refractivity contribution in [1.82, 2.24) is 9.88 Å². The second-order valence-electron chi connectivity index (χ2n) is 5.78. The Bertz CT molecular complexity index is 978. The number of carbonyl (C=O) groups excluding carboxylic acids is 1. The van der Waals surface area contributed by atoms with E-state index >= 15 is 0 Å². The van der Waals surface area contributed by atoms with E-state index in [2.05, 4.69) is 16.0 Å². The molecule has 23 heavy (non-hydrogen) atoms. The van der Waals surface area contributed by atoms with Crippen LogP contribution in [-0.4, -0.2) is 17.0 Å². The zero-order valence-electron chi connectivity index (χ0n) is 12.8. The molecular formula is C19H15N3O. The molecule has 4 rings (SSSR count). The molecule has 1 aliphatic heterocycles. The third kappa shape index (κ3) is 1.94. The van der Waals surface area contributed by atoms with Crippen molar-refractivity contribution in [2.75, 3.05) is 6.54 Å². The minimum Gasteiger partial charge on any atom is -0.349 e. The molecule has 3 aromatic rings. The molecule has 4 heteroatoms. The van der Waals surface area contributed by atoms with E-state index in [9.17, 15) is 10.1 Å². The van der Waals surface area contributed by atoms with Gasteiger partial charge in [-0.15, -0.1) is 0 Å². The zero-order chi connectivity index (χ0) is 16.0. The van der Waals surface area contributed by atoms with Crippen molar-refractivity contribution in [3.8, 4) is 17.2 Å². The maximum Gasteiger partial charge on any atom is 0.268 e. The summed E-state index contributed by atoms with van der Waals surface area (Å²) in [6.07, 6.45) is 0. The average molecular weight is 301 g/mol. The zero-order valence-corrected chi connectivity index (χ0v) is 12.8. The van der Waals surface area contributed by atoms with E-state index in [4.69, 9.17) is 0 Å². The van der Waals surface area contributed by atoms with Crippen LogP contribution in [0, 0.1) is 18.3 Å². The van der Waals surface area contributed by atoms with Crippen LogP contribution in [0.2, 0.25) is 0 Å². The van der Waals surface area contributed by atoms with E-state index in [-0.39, 0.29) is 5.91 Å². The summed E-state index contributed by atoms with van der Waals surface area (Å²) in [6.45, 7) is 3.33. The maximum atomic E-state index is 12.3. The number of hydrogen-bond donors (Lipinski definition) is 1. The molecule has 112 valence electrons. The monoisotopic (exact) mass is 301 g/mol. The molecule has 0 unspecified atom stereocenters. The Morgan fingerprint density at radius 1 is 1.22 bits per heavy atom. The van der Waals surface area contributed by atoms with Crippen LogP contribution in [-0.2, 0) is 6.54 Å². The van der Waals surface area contributed by atoms with Gasteiger partial charge in [-0.25, -0.2) is 0 Å². The lowest BCUT2D eigenvalue weighted by Crippen LogP contribution is -2.35. The Balaban J connectivity index is 2.16. The van der Waals surface area contributed by atoms with Gasteiger partial charge in [-0.3, -0.25) is 4.79 Å². The Morgan fingerprint density at radius 2 is 2.00 bits per heavy atom. The van der Waals surface area contributed by atoms with Gasteiger partial charge in [0.1, 0.15) is 5.69 Å². The fourth-order valence-corrected chi connectivity index (χ4v) is 3.44. The number of aryl methyl sites for hydroxylation is 1. The molecule has 1 amide bonds. The van der Waals surface area contributed by atoms with Gasteiger partial charge in [0, 0.05) is 24.0 Å². The number of nitriles is 1. The van der Waals surface area contributed by atoms with Crippen LogP contribution in [0.4, 0.5) is 0 Å². The summed E-state index contributed by atoms with van der Waals surface area (Å²) in [4.78, 5) is 12.3. The van der Waals surface area contributed by atoms with E-state index in [1.807, 2.05) is 49.4 Å². The van der Waals surface area contributed by atoms with Crippen LogP contribution >= 0.6 is 0 Å². The van der Waals surface area contributed by atoms with E-state index < -0.39 is 0 Å². The van der Waals surface area contributed by atoms with Crippen LogP contribution in [0.25, 0.3) is 22.0 Å². The Kier molecular flexibility index (Phi) is 2.95. The third-order valence-corrected chi connectivity index (χ3v) is 4.46. The fourth-order valence-electron chi connectivity index (χ4n) is 3.44. The number of fused-ring (bicyclic) bond motifs is 3. The van der Waals surface area contributed by atoms with Gasteiger partial charge in [-0.1, -0.05) is 30.3 Å². The van der Waals surface area contributed by atoms with Gasteiger partial charge in [0.2, 0.25) is 0 Å². The number of nitrogens with one attached hydrogen (secondary N) is 1. The molecule has 2 aromatic carbocycles. The molecule has 4 nitrogen and oxygen atoms in total. The van der Waals surface area contributed by atoms with Crippen LogP contribution in [0.5, 0.6) is 0 Å². The molecule has 0 spiro atoms. The molecule has 0 bridgehead atoms. The number of aromatic nitrogens is 1. The lowest BCUT2D eigenvalue weighted by Gasteiger charge is -2.18. The molecule has 0 saturated heterocycles. The Morgan fingerprint density at radius 3 is 2.74 bits per heavy atom. The molecule has 1 aliphatic rings. The number of benzene rings is 2. The molecule has 0 radical (unpaired) electrons. The summed E-state index contributed by atoms with van der Waals surface area (Å²) >= 11 is 0. The summed E-state index contributed by atoms with van der Waals surface area (Å²) in [5.41, 5.74) is 5.36. The van der Waals surface area contributed by atoms with Gasteiger partial charge in [-0.2, -0.15) is 5.26 Å². The molecule has 0 aliphatic carbocycles. The van der Waals surface area contributed by atoms with E-state index in [0.717, 1.165) is 34.1 Å². The summed E-state index contributed by atoms with van der Waals surface area (Å²) in [6, 6.07) is 16.1. The van der Waals surface area contributed by atoms with Gasteiger partial charge in [-0.05, 0) is 30.2 Å². The summed E-state index contributed by atoms with van der Waals surface area (Å²) in [5.74, 6) is -0.0394. The maximum absolute atomic E-state index is 12.3. The number of hydrogen-bond acceptors (Lipinski definition) is 2. The molecule has 2 heterocycles. The second-order valence-corrected chi connectivity index (χ2v) is 5.78. The van der Waals surface area contributed by atoms with E-state index in [1.165, 1.54) is 0 Å². The number of rotatable bonds is 1. The number of amides is 1. The van der Waals surface area contributed by atoms with Crippen molar-refractivity contribution in [1.29, 1.82) is 5.26 Å². The van der Waals surface area contributed by atoms with Crippen LogP contribution in [0.1, 0.15) is 21.6 Å². The third-order valence-electron chi connectivity index (χ3n) is 4.46. The number of carbonyl (C=O) groups is 1. The lowest BCUT2D eigenvalue weighted by molar-refractivity contribution is 0.0928. The first-order chi connectivity index (χ1) is 11.2. The highest BCUT2D eigenvalue weighted by molar-refractivity contribution is 6.06. The summed E-state index contributed by atoms with van der Waals surface area (Å²) < 4.78 is 2.09. The highest BCUT2D eigenvalue weighted by Crippen LogP contribution is 2.36. The van der Waals surface area contributed by atoms with Gasteiger partial charge in [0.05, 0.1) is 17.1 Å². The quantitative estimate of drug-likeness (QED) is 0.750. The van der Waals surface area contributed by atoms with Crippen LogP contribution in [0.15, 0.2) is 42.5 Å². The SMILES string of the molecule is Cc1c2n(c3c(-c4ccccc4)cc(C#N)cc13)CCNC2=O. The highest BCUT2D eigenvalue weighted by atomic mass is 16.2. The second kappa shape index (κ2) is 4.99. The molecular weight excluding hydrogens is 286 g/mol. The lowest BCUT2D eigenvalue weighted by atomic mass is 9.99. The van der Waals surface area contributed by atoms with Crippen LogP contribution < -0.4 is 5.32 Å². The smallest absolute Gasteiger partial charge is 0.268 e. The molecule has 1 N–H and O–H groups in total. The van der Waals surface area contributed by atoms with E-state index in [0.29, 0.717) is 17.8 Å². The molecule has 1 aromatic heterocycles. The van der Waals surface area contributed by atoms with Crippen molar-refractivity contribution in [2.24, 2.45) is 0 Å². The van der Waals surface area contributed by atoms with E-state index in [1.54, 1.807) is 0 Å². The van der Waals surface area contributed by atoms with Gasteiger partial charge >= 0.3 is 0 Å². The molecule has 0 fully saturated rings. The normalized spacial score (nSPS) is 13.5. The minimum absolute atomic E-state index is 0.0394. The first kappa shape index (κ1) is 13.6. The Labute approximate surface area is 134 Å². The fraction of sp³-hybridized carbons (Fsp3) is 0.158. The van der Waals surface area contributed by atoms with Crippen molar-refractivity contribution in [3.05, 3.63) is 59.3 Å². The molecule has 0 saturated carbocycles. The topological polar surface area (TPSA) is 57.8 Å². The van der Waals surface area contributed by atoms with Crippen molar-refractivity contribution < 1.29 is 4.79 Å². The first-order valence-electron chi connectivity index (χ1n) is 7.61. The summed E-state index contributed by atoms with van der Waals surface area (Å²) in [5, 5.41) is 13.3. The summed E-state index contributed by atoms with van der Waals surface area (Å²) in [7, 11) is 0.